The summed E-state index contributed by atoms with van der Waals surface area (Å²) < 4.78 is 30.4. The lowest BCUT2D eigenvalue weighted by Crippen LogP contribution is -2.14. The third-order valence-corrected chi connectivity index (χ3v) is 5.10. The molecule has 0 fully saturated rings. The highest BCUT2D eigenvalue weighted by atomic mass is 19.1. The molecule has 2 N–H and O–H groups in total. The number of aliphatic carboxylic acids is 1. The van der Waals surface area contributed by atoms with Crippen LogP contribution in [0.5, 0.6) is 11.5 Å². The number of hydrogen-bond acceptors (Lipinski definition) is 6. The van der Waals surface area contributed by atoms with Gasteiger partial charge in [-0.1, -0.05) is 38.1 Å². The smallest absolute Gasteiger partial charge is 0.310 e. The highest BCUT2D eigenvalue weighted by Gasteiger charge is 2.22. The van der Waals surface area contributed by atoms with Gasteiger partial charge in [-0.25, -0.2) is 4.39 Å². The van der Waals surface area contributed by atoms with Gasteiger partial charge in [-0.05, 0) is 40.8 Å². The van der Waals surface area contributed by atoms with E-state index in [1.54, 1.807) is 25.3 Å². The summed E-state index contributed by atoms with van der Waals surface area (Å²) in [7, 11) is 3.09. The number of halogens is 1. The normalized spacial score (nSPS) is 12.2. The molecule has 1 atom stereocenters. The van der Waals surface area contributed by atoms with E-state index < -0.39 is 24.3 Å². The molecule has 2 aromatic rings. The van der Waals surface area contributed by atoms with Gasteiger partial charge < -0.3 is 24.4 Å². The van der Waals surface area contributed by atoms with Crippen molar-refractivity contribution in [2.75, 3.05) is 27.4 Å². The van der Waals surface area contributed by atoms with Crippen molar-refractivity contribution in [1.29, 1.82) is 0 Å². The van der Waals surface area contributed by atoms with Crippen LogP contribution in [0.2, 0.25) is 0 Å². The molecule has 0 amide bonds. The molecule has 34 heavy (non-hydrogen) atoms. The van der Waals surface area contributed by atoms with Gasteiger partial charge in [0.2, 0.25) is 0 Å². The number of carbonyl (C=O) groups excluding carboxylic acids is 1. The van der Waals surface area contributed by atoms with Crippen LogP contribution in [0.25, 0.3) is 17.2 Å². The summed E-state index contributed by atoms with van der Waals surface area (Å²) in [4.78, 5) is 22.5. The molecular weight excluding hydrogens is 443 g/mol. The van der Waals surface area contributed by atoms with Crippen LogP contribution < -0.4 is 9.47 Å². The first-order chi connectivity index (χ1) is 16.2. The molecule has 0 saturated carbocycles. The van der Waals surface area contributed by atoms with Crippen molar-refractivity contribution in [2.24, 2.45) is 0 Å². The molecule has 0 saturated heterocycles. The average Bonchev–Trinajstić information content (AvgIpc) is 2.77. The van der Waals surface area contributed by atoms with Gasteiger partial charge in [0.1, 0.15) is 24.6 Å². The molecule has 2 rings (SSSR count). The van der Waals surface area contributed by atoms with Crippen molar-refractivity contribution in [3.8, 4) is 22.6 Å². The first-order valence-corrected chi connectivity index (χ1v) is 10.9. The summed E-state index contributed by atoms with van der Waals surface area (Å²) in [5, 5.41) is 19.1. The van der Waals surface area contributed by atoms with Crippen LogP contribution in [0, 0.1) is 5.82 Å². The van der Waals surface area contributed by atoms with Gasteiger partial charge >= 0.3 is 5.97 Å². The Morgan fingerprint density at radius 1 is 1.12 bits per heavy atom. The average molecular weight is 475 g/mol. The molecule has 0 aliphatic heterocycles. The van der Waals surface area contributed by atoms with Crippen molar-refractivity contribution in [1.82, 2.24) is 0 Å². The van der Waals surface area contributed by atoms with Crippen molar-refractivity contribution in [3.05, 3.63) is 53.4 Å². The van der Waals surface area contributed by atoms with Gasteiger partial charge in [-0.15, -0.1) is 0 Å². The van der Waals surface area contributed by atoms with Crippen LogP contribution in [0.1, 0.15) is 43.7 Å². The standard InChI is InChI=1S/C26H31FO7/c1-16(2)22-15-23(33-4)26(34-12-11-32-3)25(17-5-7-18(27)8-6-17)21(22)10-9-19(28)13-20(29)14-24(30)31/h5-10,15-16,19,28H,11-14H2,1-4H3,(H,30,31)/b10-9+. The number of carbonyl (C=O) groups is 2. The van der Waals surface area contributed by atoms with Crippen LogP contribution >= 0.6 is 0 Å². The second-order valence-corrected chi connectivity index (χ2v) is 8.03. The van der Waals surface area contributed by atoms with E-state index in [2.05, 4.69) is 0 Å². The first-order valence-electron chi connectivity index (χ1n) is 10.9. The molecule has 0 heterocycles. The Morgan fingerprint density at radius 2 is 1.79 bits per heavy atom. The Labute approximate surface area is 198 Å². The van der Waals surface area contributed by atoms with E-state index in [1.807, 2.05) is 19.9 Å². The topological polar surface area (TPSA) is 102 Å². The number of ether oxygens (including phenoxy) is 3. The van der Waals surface area contributed by atoms with Crippen LogP contribution in [-0.4, -0.2) is 55.5 Å². The lowest BCUT2D eigenvalue weighted by Gasteiger charge is -2.22. The lowest BCUT2D eigenvalue weighted by molar-refractivity contribution is -0.140. The van der Waals surface area contributed by atoms with E-state index in [-0.39, 0.29) is 24.8 Å². The lowest BCUT2D eigenvalue weighted by atomic mass is 9.88. The molecule has 1 unspecified atom stereocenters. The summed E-state index contributed by atoms with van der Waals surface area (Å²) in [6, 6.07) is 7.79. The minimum absolute atomic E-state index is 0.0477. The first kappa shape index (κ1) is 27.0. The Bertz CT molecular complexity index is 1010. The maximum atomic E-state index is 13.7. The Morgan fingerprint density at radius 3 is 2.35 bits per heavy atom. The second-order valence-electron chi connectivity index (χ2n) is 8.03. The summed E-state index contributed by atoms with van der Waals surface area (Å²) >= 11 is 0. The van der Waals surface area contributed by atoms with Gasteiger partial charge in [0.15, 0.2) is 11.5 Å². The predicted octanol–water partition coefficient (Wildman–Crippen LogP) is 4.46. The van der Waals surface area contributed by atoms with E-state index in [1.165, 1.54) is 25.3 Å². The number of benzene rings is 2. The molecule has 0 aliphatic rings. The van der Waals surface area contributed by atoms with E-state index >= 15 is 0 Å². The Kier molecular flexibility index (Phi) is 10.2. The molecule has 8 heteroatoms. The summed E-state index contributed by atoms with van der Waals surface area (Å²) in [5.74, 6) is -1.23. The number of Topliss-reactive ketones (excluding diaryl/α,β-unsaturated/α-hetero) is 1. The fraction of sp³-hybridized carbons (Fsp3) is 0.385. The number of methoxy groups -OCH3 is 2. The van der Waals surface area contributed by atoms with Crippen LogP contribution in [-0.2, 0) is 14.3 Å². The zero-order valence-electron chi connectivity index (χ0n) is 19.8. The minimum Gasteiger partial charge on any atom is -0.493 e. The maximum absolute atomic E-state index is 13.7. The SMILES string of the molecule is COCCOc1c(OC)cc(C(C)C)c(/C=C/C(O)CC(=O)CC(=O)O)c1-c1ccc(F)cc1. The summed E-state index contributed by atoms with van der Waals surface area (Å²) in [6.07, 6.45) is 0.976. The predicted molar refractivity (Wildman–Crippen MR) is 127 cm³/mol. The molecule has 0 radical (unpaired) electrons. The molecule has 7 nitrogen and oxygen atoms in total. The van der Waals surface area contributed by atoms with E-state index in [9.17, 15) is 19.1 Å². The van der Waals surface area contributed by atoms with Gasteiger partial charge in [-0.3, -0.25) is 9.59 Å². The molecule has 2 aromatic carbocycles. The Hall–Kier alpha value is -3.23. The van der Waals surface area contributed by atoms with Crippen LogP contribution in [0.4, 0.5) is 4.39 Å². The molecule has 0 bridgehead atoms. The van der Waals surface area contributed by atoms with Crippen molar-refractivity contribution in [2.45, 2.75) is 38.7 Å². The van der Waals surface area contributed by atoms with Gasteiger partial charge in [0, 0.05) is 19.1 Å². The molecule has 0 aliphatic carbocycles. The third kappa shape index (κ3) is 7.40. The molecular formula is C26H31FO7. The molecule has 184 valence electrons. The summed E-state index contributed by atoms with van der Waals surface area (Å²) in [5.41, 5.74) is 2.90. The fourth-order valence-corrected chi connectivity index (χ4v) is 3.51. The second kappa shape index (κ2) is 12.9. The van der Waals surface area contributed by atoms with Crippen molar-refractivity contribution in [3.63, 3.8) is 0 Å². The van der Waals surface area contributed by atoms with Crippen LogP contribution in [0.3, 0.4) is 0 Å². The Balaban J connectivity index is 2.65. The van der Waals surface area contributed by atoms with E-state index in [0.29, 0.717) is 34.8 Å². The third-order valence-electron chi connectivity index (χ3n) is 5.10. The number of rotatable bonds is 13. The minimum atomic E-state index is -1.24. The number of aliphatic hydroxyl groups is 1. The van der Waals surface area contributed by atoms with Crippen LogP contribution in [0.15, 0.2) is 36.4 Å². The zero-order chi connectivity index (χ0) is 25.3. The molecule has 0 aromatic heterocycles. The number of aliphatic hydroxyl groups excluding tert-OH is 1. The van der Waals surface area contributed by atoms with Gasteiger partial charge in [0.25, 0.3) is 0 Å². The number of ketones is 1. The monoisotopic (exact) mass is 474 g/mol. The van der Waals surface area contributed by atoms with Gasteiger partial charge in [0.05, 0.1) is 19.8 Å². The largest absolute Gasteiger partial charge is 0.493 e. The summed E-state index contributed by atoms with van der Waals surface area (Å²) in [6.45, 7) is 4.59. The quantitative estimate of drug-likeness (QED) is 0.326. The highest BCUT2D eigenvalue weighted by molar-refractivity contribution is 5.95. The number of hydrogen-bond donors (Lipinski definition) is 2. The fourth-order valence-electron chi connectivity index (χ4n) is 3.51. The van der Waals surface area contributed by atoms with Gasteiger partial charge in [-0.2, -0.15) is 0 Å². The van der Waals surface area contributed by atoms with Crippen molar-refractivity contribution >= 4 is 17.8 Å². The number of carboxylic acids is 1. The highest BCUT2D eigenvalue weighted by Crippen LogP contribution is 2.45. The maximum Gasteiger partial charge on any atom is 0.310 e. The molecule has 0 spiro atoms. The van der Waals surface area contributed by atoms with E-state index in [4.69, 9.17) is 19.3 Å². The van der Waals surface area contributed by atoms with E-state index in [0.717, 1.165) is 5.56 Å². The zero-order valence-corrected chi connectivity index (χ0v) is 19.8. The van der Waals surface area contributed by atoms with Crippen molar-refractivity contribution < 1.29 is 38.4 Å². The number of carboxylic acid groups (broad SMARTS) is 1.